The molecule has 192 valence electrons. The van der Waals surface area contributed by atoms with E-state index in [2.05, 4.69) is 20.6 Å². The standard InChI is InChI=1S/C28H30FN5O3/c1-4-20-13-21(29)11-18(2)27(20)33-25(28(35)36)12-19-5-7-23(8-6-19)34-16-22(32-17-34)15-31-26-14-24(37-3)9-10-30-26/h5-11,13-14,16-17,25,33H,4,12,15H2,1-3H3,(H,30,31)(H,35,36). The third-order valence-corrected chi connectivity index (χ3v) is 6.11. The Morgan fingerprint density at radius 2 is 1.95 bits per heavy atom. The van der Waals surface area contributed by atoms with Gasteiger partial charge in [-0.3, -0.25) is 0 Å². The largest absolute Gasteiger partial charge is 0.497 e. The smallest absolute Gasteiger partial charge is 0.326 e. The Hall–Kier alpha value is -4.40. The van der Waals surface area contributed by atoms with E-state index in [0.717, 1.165) is 28.3 Å². The average molecular weight is 504 g/mol. The molecule has 1 unspecified atom stereocenters. The van der Waals surface area contributed by atoms with Gasteiger partial charge in [0.05, 0.1) is 25.7 Å². The topological polar surface area (TPSA) is 101 Å². The monoisotopic (exact) mass is 503 g/mol. The van der Waals surface area contributed by atoms with Crippen molar-refractivity contribution in [2.75, 3.05) is 17.7 Å². The van der Waals surface area contributed by atoms with Crippen molar-refractivity contribution in [3.05, 3.63) is 95.5 Å². The highest BCUT2D eigenvalue weighted by atomic mass is 19.1. The number of nitrogens with one attached hydrogen (secondary N) is 2. The highest BCUT2D eigenvalue weighted by Gasteiger charge is 2.20. The minimum absolute atomic E-state index is 0.280. The van der Waals surface area contributed by atoms with E-state index >= 15 is 0 Å². The molecule has 0 spiro atoms. The molecule has 4 rings (SSSR count). The molecule has 9 heteroatoms. The molecule has 2 heterocycles. The zero-order valence-corrected chi connectivity index (χ0v) is 21.0. The summed E-state index contributed by atoms with van der Waals surface area (Å²) < 4.78 is 20.9. The minimum Gasteiger partial charge on any atom is -0.497 e. The number of anilines is 2. The second-order valence-electron chi connectivity index (χ2n) is 8.72. The summed E-state index contributed by atoms with van der Waals surface area (Å²) in [7, 11) is 1.61. The number of imidazole rings is 1. The number of hydrogen-bond acceptors (Lipinski definition) is 6. The van der Waals surface area contributed by atoms with Gasteiger partial charge in [0.1, 0.15) is 23.4 Å². The molecule has 0 aliphatic heterocycles. The molecular formula is C28H30FN5O3. The number of carboxylic acid groups (broad SMARTS) is 1. The maximum absolute atomic E-state index is 13.8. The lowest BCUT2D eigenvalue weighted by Crippen LogP contribution is -2.32. The number of carbonyl (C=O) groups is 1. The van der Waals surface area contributed by atoms with Gasteiger partial charge in [-0.05, 0) is 60.4 Å². The molecule has 0 aliphatic carbocycles. The van der Waals surface area contributed by atoms with Crippen LogP contribution < -0.4 is 15.4 Å². The number of hydrogen-bond donors (Lipinski definition) is 3. The van der Waals surface area contributed by atoms with Crippen LogP contribution in [0.15, 0.2) is 67.3 Å². The molecule has 0 saturated heterocycles. The van der Waals surface area contributed by atoms with Crippen LogP contribution in [-0.2, 0) is 24.2 Å². The molecule has 2 aromatic heterocycles. The molecule has 0 fully saturated rings. The minimum atomic E-state index is -0.966. The predicted molar refractivity (Wildman–Crippen MR) is 141 cm³/mol. The molecule has 37 heavy (non-hydrogen) atoms. The fourth-order valence-electron chi connectivity index (χ4n) is 4.12. The first kappa shape index (κ1) is 25.7. The Kier molecular flexibility index (Phi) is 8.02. The van der Waals surface area contributed by atoms with E-state index in [4.69, 9.17) is 4.74 Å². The van der Waals surface area contributed by atoms with E-state index in [1.807, 2.05) is 48.0 Å². The summed E-state index contributed by atoms with van der Waals surface area (Å²) in [4.78, 5) is 20.7. The first-order valence-corrected chi connectivity index (χ1v) is 12.0. The summed E-state index contributed by atoms with van der Waals surface area (Å²) in [6.07, 6.45) is 6.21. The van der Waals surface area contributed by atoms with Crippen LogP contribution in [0.3, 0.4) is 0 Å². The van der Waals surface area contributed by atoms with Crippen molar-refractivity contribution >= 4 is 17.5 Å². The van der Waals surface area contributed by atoms with Crippen LogP contribution in [0.4, 0.5) is 15.9 Å². The predicted octanol–water partition coefficient (Wildman–Crippen LogP) is 5.01. The molecule has 0 saturated carbocycles. The molecule has 4 aromatic rings. The molecular weight excluding hydrogens is 473 g/mol. The van der Waals surface area contributed by atoms with E-state index in [1.54, 1.807) is 32.6 Å². The lowest BCUT2D eigenvalue weighted by Gasteiger charge is -2.20. The molecule has 0 bridgehead atoms. The van der Waals surface area contributed by atoms with E-state index in [0.29, 0.717) is 30.0 Å². The Balaban J connectivity index is 1.41. The number of ether oxygens (including phenoxy) is 1. The van der Waals surface area contributed by atoms with Crippen molar-refractivity contribution in [2.24, 2.45) is 0 Å². The zero-order chi connectivity index (χ0) is 26.4. The van der Waals surface area contributed by atoms with E-state index in [1.165, 1.54) is 12.1 Å². The van der Waals surface area contributed by atoms with Crippen molar-refractivity contribution in [1.29, 1.82) is 0 Å². The van der Waals surface area contributed by atoms with Crippen LogP contribution in [0.1, 0.15) is 29.3 Å². The lowest BCUT2D eigenvalue weighted by molar-refractivity contribution is -0.137. The van der Waals surface area contributed by atoms with Crippen molar-refractivity contribution < 1.29 is 19.0 Å². The number of aryl methyl sites for hydroxylation is 2. The summed E-state index contributed by atoms with van der Waals surface area (Å²) in [5, 5.41) is 16.2. The van der Waals surface area contributed by atoms with Crippen LogP contribution in [0.25, 0.3) is 5.69 Å². The summed E-state index contributed by atoms with van der Waals surface area (Å²) in [6.45, 7) is 4.20. The molecule has 0 radical (unpaired) electrons. The summed E-state index contributed by atoms with van der Waals surface area (Å²) in [6, 6.07) is 13.3. The van der Waals surface area contributed by atoms with E-state index < -0.39 is 12.0 Å². The number of benzene rings is 2. The maximum Gasteiger partial charge on any atom is 0.326 e. The van der Waals surface area contributed by atoms with Gasteiger partial charge in [0.15, 0.2) is 0 Å². The number of aromatic nitrogens is 3. The van der Waals surface area contributed by atoms with Gasteiger partial charge < -0.3 is 25.0 Å². The number of nitrogens with zero attached hydrogens (tertiary/aromatic N) is 3. The fraction of sp³-hybridized carbons (Fsp3) is 0.250. The normalized spacial score (nSPS) is 11.7. The molecule has 0 amide bonds. The first-order chi connectivity index (χ1) is 17.9. The van der Waals surface area contributed by atoms with Crippen molar-refractivity contribution in [3.63, 3.8) is 0 Å². The van der Waals surface area contributed by atoms with Gasteiger partial charge in [-0.25, -0.2) is 19.2 Å². The van der Waals surface area contributed by atoms with Gasteiger partial charge in [-0.2, -0.15) is 0 Å². The Bertz CT molecular complexity index is 1370. The summed E-state index contributed by atoms with van der Waals surface area (Å²) >= 11 is 0. The average Bonchev–Trinajstić information content (AvgIpc) is 3.37. The number of methoxy groups -OCH3 is 1. The number of aliphatic carboxylic acids is 1. The zero-order valence-electron chi connectivity index (χ0n) is 21.0. The van der Waals surface area contributed by atoms with Crippen molar-refractivity contribution in [1.82, 2.24) is 14.5 Å². The lowest BCUT2D eigenvalue weighted by atomic mass is 10.0. The van der Waals surface area contributed by atoms with Gasteiger partial charge >= 0.3 is 5.97 Å². The second kappa shape index (κ2) is 11.6. The van der Waals surface area contributed by atoms with Crippen LogP contribution in [0.5, 0.6) is 5.75 Å². The Labute approximate surface area is 215 Å². The van der Waals surface area contributed by atoms with Gasteiger partial charge in [-0.1, -0.05) is 19.1 Å². The highest BCUT2D eigenvalue weighted by Crippen LogP contribution is 2.25. The third kappa shape index (κ3) is 6.43. The van der Waals surface area contributed by atoms with Crippen LogP contribution in [0.2, 0.25) is 0 Å². The van der Waals surface area contributed by atoms with E-state index in [9.17, 15) is 14.3 Å². The molecule has 0 aliphatic rings. The van der Waals surface area contributed by atoms with Crippen LogP contribution in [-0.4, -0.2) is 38.8 Å². The Morgan fingerprint density at radius 3 is 2.65 bits per heavy atom. The van der Waals surface area contributed by atoms with Crippen LogP contribution in [0, 0.1) is 12.7 Å². The van der Waals surface area contributed by atoms with Crippen molar-refractivity contribution in [3.8, 4) is 11.4 Å². The highest BCUT2D eigenvalue weighted by molar-refractivity contribution is 5.79. The van der Waals surface area contributed by atoms with Gasteiger partial charge in [0.25, 0.3) is 0 Å². The van der Waals surface area contributed by atoms with Crippen LogP contribution >= 0.6 is 0 Å². The maximum atomic E-state index is 13.8. The number of pyridine rings is 1. The molecule has 8 nitrogen and oxygen atoms in total. The third-order valence-electron chi connectivity index (χ3n) is 6.11. The number of carboxylic acids is 1. The fourth-order valence-corrected chi connectivity index (χ4v) is 4.12. The Morgan fingerprint density at radius 1 is 1.16 bits per heavy atom. The number of rotatable bonds is 11. The molecule has 3 N–H and O–H groups in total. The second-order valence-corrected chi connectivity index (χ2v) is 8.72. The summed E-state index contributed by atoms with van der Waals surface area (Å²) in [5.41, 5.74) is 4.73. The van der Waals surface area contributed by atoms with Gasteiger partial charge in [0.2, 0.25) is 0 Å². The molecule has 2 aromatic carbocycles. The van der Waals surface area contributed by atoms with Crippen molar-refractivity contribution in [2.45, 2.75) is 39.3 Å². The first-order valence-electron chi connectivity index (χ1n) is 12.0. The number of halogens is 1. The van der Waals surface area contributed by atoms with Gasteiger partial charge in [0, 0.05) is 36.3 Å². The SMILES string of the molecule is CCc1cc(F)cc(C)c1NC(Cc1ccc(-n2cnc(CNc3cc(OC)ccn3)c2)cc1)C(=O)O. The quantitative estimate of drug-likeness (QED) is 0.265. The molecule has 1 atom stereocenters. The van der Waals surface area contributed by atoms with E-state index in [-0.39, 0.29) is 12.2 Å². The van der Waals surface area contributed by atoms with Gasteiger partial charge in [-0.15, -0.1) is 0 Å². The summed E-state index contributed by atoms with van der Waals surface area (Å²) in [5.74, 6) is 0.133.